The second-order valence-electron chi connectivity index (χ2n) is 7.86. The molecule has 0 bridgehead atoms. The van der Waals surface area contributed by atoms with Crippen molar-refractivity contribution >= 4 is 17.7 Å². The van der Waals surface area contributed by atoms with Crippen LogP contribution in [-0.2, 0) is 25.4 Å². The van der Waals surface area contributed by atoms with Gasteiger partial charge in [-0.15, -0.1) is 0 Å². The number of hydrogen-bond donors (Lipinski definition) is 1. The zero-order valence-electron chi connectivity index (χ0n) is 18.1. The molecular formula is C22H33N3O5. The fourth-order valence-electron chi connectivity index (χ4n) is 4.20. The van der Waals surface area contributed by atoms with Gasteiger partial charge in [0.05, 0.1) is 7.11 Å². The SMILES string of the molecule is COC(=O)[C@@H]1CCCN1C(=O)N1CCC(Nc2ccc(CC(OC)OC)cc2)CC1. The predicted molar refractivity (Wildman–Crippen MR) is 113 cm³/mol. The highest BCUT2D eigenvalue weighted by Crippen LogP contribution is 2.23. The third-order valence-corrected chi connectivity index (χ3v) is 5.99. The number of hydrogen-bond acceptors (Lipinski definition) is 6. The molecule has 0 radical (unpaired) electrons. The monoisotopic (exact) mass is 419 g/mol. The quantitative estimate of drug-likeness (QED) is 0.540. The third-order valence-electron chi connectivity index (χ3n) is 5.99. The van der Waals surface area contributed by atoms with E-state index in [1.54, 1.807) is 19.1 Å². The first-order valence-corrected chi connectivity index (χ1v) is 10.6. The molecule has 0 saturated carbocycles. The number of carbonyl (C=O) groups excluding carboxylic acids is 2. The van der Waals surface area contributed by atoms with Gasteiger partial charge in [-0.05, 0) is 43.4 Å². The maximum absolute atomic E-state index is 12.9. The van der Waals surface area contributed by atoms with Crippen molar-refractivity contribution in [1.29, 1.82) is 0 Å². The summed E-state index contributed by atoms with van der Waals surface area (Å²) < 4.78 is 15.3. The standard InChI is InChI=1S/C22H33N3O5/c1-28-20(29-2)15-16-6-8-17(9-7-16)23-18-10-13-24(14-11-18)22(27)25-12-4-5-19(25)21(26)30-3/h6-9,18-20,23H,4-5,10-15H2,1-3H3/t19-/m0/s1. The van der Waals surface area contributed by atoms with Gasteiger partial charge in [0, 0.05) is 52.0 Å². The van der Waals surface area contributed by atoms with Gasteiger partial charge in [0.1, 0.15) is 6.04 Å². The zero-order valence-corrected chi connectivity index (χ0v) is 18.1. The van der Waals surface area contributed by atoms with Gasteiger partial charge in [-0.3, -0.25) is 0 Å². The molecule has 1 atom stereocenters. The minimum absolute atomic E-state index is 0.0449. The number of rotatable bonds is 7. The van der Waals surface area contributed by atoms with E-state index in [9.17, 15) is 9.59 Å². The maximum Gasteiger partial charge on any atom is 0.328 e. The summed E-state index contributed by atoms with van der Waals surface area (Å²) in [5, 5.41) is 3.57. The molecule has 8 heteroatoms. The molecule has 2 saturated heterocycles. The minimum atomic E-state index is -0.437. The van der Waals surface area contributed by atoms with E-state index >= 15 is 0 Å². The van der Waals surface area contributed by atoms with Gasteiger partial charge in [0.15, 0.2) is 6.29 Å². The van der Waals surface area contributed by atoms with Crippen LogP contribution in [0.4, 0.5) is 10.5 Å². The first-order valence-electron chi connectivity index (χ1n) is 10.6. The van der Waals surface area contributed by atoms with Crippen LogP contribution >= 0.6 is 0 Å². The number of anilines is 1. The van der Waals surface area contributed by atoms with Gasteiger partial charge < -0.3 is 29.3 Å². The van der Waals surface area contributed by atoms with Crippen molar-refractivity contribution in [3.8, 4) is 0 Å². The van der Waals surface area contributed by atoms with Crippen molar-refractivity contribution in [1.82, 2.24) is 9.80 Å². The number of benzene rings is 1. The largest absolute Gasteiger partial charge is 0.467 e. The van der Waals surface area contributed by atoms with E-state index in [4.69, 9.17) is 14.2 Å². The first-order chi connectivity index (χ1) is 14.5. The summed E-state index contributed by atoms with van der Waals surface area (Å²) >= 11 is 0. The Morgan fingerprint density at radius 2 is 1.70 bits per heavy atom. The Bertz CT molecular complexity index is 699. The van der Waals surface area contributed by atoms with Crippen LogP contribution in [0.5, 0.6) is 0 Å². The number of piperidine rings is 1. The number of esters is 1. The summed E-state index contributed by atoms with van der Waals surface area (Å²) in [4.78, 5) is 28.3. The van der Waals surface area contributed by atoms with Crippen molar-refractivity contribution in [2.24, 2.45) is 0 Å². The molecule has 3 rings (SSSR count). The lowest BCUT2D eigenvalue weighted by Gasteiger charge is -2.36. The van der Waals surface area contributed by atoms with Crippen molar-refractivity contribution in [2.75, 3.05) is 46.3 Å². The summed E-state index contributed by atoms with van der Waals surface area (Å²) in [6.45, 7) is 1.99. The van der Waals surface area contributed by atoms with Crippen LogP contribution in [0.1, 0.15) is 31.2 Å². The van der Waals surface area contributed by atoms with Gasteiger partial charge in [-0.25, -0.2) is 9.59 Å². The van der Waals surface area contributed by atoms with Gasteiger partial charge in [-0.2, -0.15) is 0 Å². The highest BCUT2D eigenvalue weighted by Gasteiger charge is 2.37. The van der Waals surface area contributed by atoms with E-state index in [1.165, 1.54) is 7.11 Å². The maximum atomic E-state index is 12.9. The number of likely N-dealkylation sites (tertiary alicyclic amines) is 2. The Morgan fingerprint density at radius 1 is 1.03 bits per heavy atom. The van der Waals surface area contributed by atoms with Gasteiger partial charge >= 0.3 is 12.0 Å². The summed E-state index contributed by atoms with van der Waals surface area (Å²) in [5.41, 5.74) is 2.22. The van der Waals surface area contributed by atoms with E-state index in [2.05, 4.69) is 29.6 Å². The normalized spacial score (nSPS) is 19.9. The molecule has 1 aromatic carbocycles. The van der Waals surface area contributed by atoms with Crippen LogP contribution in [0.2, 0.25) is 0 Å². The number of carbonyl (C=O) groups is 2. The molecule has 2 aliphatic rings. The van der Waals surface area contributed by atoms with E-state index in [-0.39, 0.29) is 18.3 Å². The smallest absolute Gasteiger partial charge is 0.328 e. The molecule has 2 amide bonds. The Morgan fingerprint density at radius 3 is 2.30 bits per heavy atom. The Kier molecular flexibility index (Phi) is 7.93. The summed E-state index contributed by atoms with van der Waals surface area (Å²) in [6, 6.07) is 8.13. The van der Waals surface area contributed by atoms with Crippen LogP contribution in [0, 0.1) is 0 Å². The van der Waals surface area contributed by atoms with Gasteiger partial charge in [0.2, 0.25) is 0 Å². The highest BCUT2D eigenvalue weighted by atomic mass is 16.7. The van der Waals surface area contributed by atoms with E-state index in [1.807, 2.05) is 4.90 Å². The van der Waals surface area contributed by atoms with E-state index in [0.29, 0.717) is 38.5 Å². The average molecular weight is 420 g/mol. The fourth-order valence-corrected chi connectivity index (χ4v) is 4.20. The lowest BCUT2D eigenvalue weighted by Crippen LogP contribution is -2.51. The Labute approximate surface area is 178 Å². The minimum Gasteiger partial charge on any atom is -0.467 e. The van der Waals surface area contributed by atoms with E-state index in [0.717, 1.165) is 30.5 Å². The lowest BCUT2D eigenvalue weighted by molar-refractivity contribution is -0.145. The fraction of sp³-hybridized carbons (Fsp3) is 0.636. The summed E-state index contributed by atoms with van der Waals surface area (Å²) in [6.07, 6.45) is 3.74. The van der Waals surface area contributed by atoms with Gasteiger partial charge in [-0.1, -0.05) is 12.1 Å². The molecule has 1 aromatic rings. The molecule has 0 unspecified atom stereocenters. The zero-order chi connectivity index (χ0) is 21.5. The summed E-state index contributed by atoms with van der Waals surface area (Å²) in [7, 11) is 4.65. The lowest BCUT2D eigenvalue weighted by atomic mass is 10.0. The van der Waals surface area contributed by atoms with Crippen LogP contribution in [0.25, 0.3) is 0 Å². The van der Waals surface area contributed by atoms with Crippen LogP contribution in [0.15, 0.2) is 24.3 Å². The molecule has 0 aromatic heterocycles. The topological polar surface area (TPSA) is 80.3 Å². The number of nitrogens with one attached hydrogen (secondary N) is 1. The number of amides is 2. The molecule has 166 valence electrons. The molecule has 0 aliphatic carbocycles. The predicted octanol–water partition coefficient (Wildman–Crippen LogP) is 2.48. The molecule has 2 heterocycles. The van der Waals surface area contributed by atoms with Crippen LogP contribution in [0.3, 0.4) is 0 Å². The number of nitrogens with zero attached hydrogens (tertiary/aromatic N) is 2. The first kappa shape index (κ1) is 22.4. The molecule has 8 nitrogen and oxygen atoms in total. The van der Waals surface area contributed by atoms with Crippen molar-refractivity contribution in [3.05, 3.63) is 29.8 Å². The molecule has 2 fully saturated rings. The van der Waals surface area contributed by atoms with Crippen molar-refractivity contribution in [3.63, 3.8) is 0 Å². The average Bonchev–Trinajstić information content (AvgIpc) is 3.28. The van der Waals surface area contributed by atoms with Crippen LogP contribution in [-0.4, -0.2) is 81.1 Å². The third kappa shape index (κ3) is 5.43. The number of methoxy groups -OCH3 is 3. The van der Waals surface area contributed by atoms with Crippen molar-refractivity contribution in [2.45, 2.75) is 50.5 Å². The highest BCUT2D eigenvalue weighted by molar-refractivity contribution is 5.84. The van der Waals surface area contributed by atoms with Crippen molar-refractivity contribution < 1.29 is 23.8 Å². The number of urea groups is 1. The molecule has 1 N–H and O–H groups in total. The molecule has 0 spiro atoms. The number of ether oxygens (including phenoxy) is 3. The van der Waals surface area contributed by atoms with Gasteiger partial charge in [0.25, 0.3) is 0 Å². The van der Waals surface area contributed by atoms with E-state index < -0.39 is 6.04 Å². The summed E-state index contributed by atoms with van der Waals surface area (Å²) in [5.74, 6) is -0.317. The second-order valence-corrected chi connectivity index (χ2v) is 7.86. The van der Waals surface area contributed by atoms with Crippen LogP contribution < -0.4 is 5.32 Å². The molecular weight excluding hydrogens is 386 g/mol. The molecule has 30 heavy (non-hydrogen) atoms. The second kappa shape index (κ2) is 10.6. The Balaban J connectivity index is 1.47. The molecule has 2 aliphatic heterocycles. The Hall–Kier alpha value is -2.32.